The summed E-state index contributed by atoms with van der Waals surface area (Å²) in [5.41, 5.74) is 0. The van der Waals surface area contributed by atoms with Gasteiger partial charge in [-0.25, -0.2) is 0 Å². The zero-order valence-corrected chi connectivity index (χ0v) is 8.79. The van der Waals surface area contributed by atoms with Gasteiger partial charge >= 0.3 is 0 Å². The number of hydrogen-bond acceptors (Lipinski definition) is 3. The van der Waals surface area contributed by atoms with Crippen molar-refractivity contribution in [3.8, 4) is 6.07 Å². The number of hydrogen-bond donors (Lipinski definition) is 1. The van der Waals surface area contributed by atoms with Crippen LogP contribution in [0.4, 0.5) is 0 Å². The summed E-state index contributed by atoms with van der Waals surface area (Å²) in [5, 5.41) is 11.8. The molecule has 1 aliphatic rings. The van der Waals surface area contributed by atoms with E-state index >= 15 is 0 Å². The molecule has 0 spiro atoms. The molecule has 0 bridgehead atoms. The van der Waals surface area contributed by atoms with Gasteiger partial charge in [-0.15, -0.1) is 0 Å². The van der Waals surface area contributed by atoms with Crippen molar-refractivity contribution in [1.82, 2.24) is 10.2 Å². The topological polar surface area (TPSA) is 56.1 Å². The summed E-state index contributed by atoms with van der Waals surface area (Å²) < 4.78 is 0. The molecule has 1 saturated heterocycles. The lowest BCUT2D eigenvalue weighted by molar-refractivity contribution is -0.132. The number of carbonyl (C=O) groups excluding carboxylic acids is 1. The molecule has 1 N–H and O–H groups in total. The average molecular weight is 195 g/mol. The monoisotopic (exact) mass is 195 g/mol. The van der Waals surface area contributed by atoms with Gasteiger partial charge in [-0.3, -0.25) is 4.79 Å². The molecule has 4 nitrogen and oxygen atoms in total. The van der Waals surface area contributed by atoms with Gasteiger partial charge in [0, 0.05) is 13.6 Å². The maximum Gasteiger partial charge on any atom is 0.239 e. The number of nitriles is 1. The fraction of sp³-hybridized carbons (Fsp3) is 0.800. The van der Waals surface area contributed by atoms with Crippen LogP contribution >= 0.6 is 0 Å². The van der Waals surface area contributed by atoms with Gasteiger partial charge in [-0.1, -0.05) is 0 Å². The molecule has 1 heterocycles. The Morgan fingerprint density at radius 3 is 3.00 bits per heavy atom. The van der Waals surface area contributed by atoms with Gasteiger partial charge in [0.25, 0.3) is 0 Å². The summed E-state index contributed by atoms with van der Waals surface area (Å²) in [7, 11) is 1.76. The van der Waals surface area contributed by atoms with Crippen LogP contribution in [0.2, 0.25) is 0 Å². The highest BCUT2D eigenvalue weighted by Gasteiger charge is 2.25. The van der Waals surface area contributed by atoms with Gasteiger partial charge in [0.15, 0.2) is 0 Å². The zero-order valence-electron chi connectivity index (χ0n) is 8.79. The number of likely N-dealkylation sites (N-methyl/N-ethyl adjacent to an activating group) is 1. The first kappa shape index (κ1) is 11.0. The summed E-state index contributed by atoms with van der Waals surface area (Å²) in [6.45, 7) is 3.28. The highest BCUT2D eigenvalue weighted by molar-refractivity contribution is 5.81. The summed E-state index contributed by atoms with van der Waals surface area (Å²) in [6, 6.07) is 2.10. The molecular formula is C10H17N3O. The Kier molecular flexibility index (Phi) is 3.90. The SMILES string of the molecule is CC(C#N)CN(C)C(=O)C1CCCN1. The van der Waals surface area contributed by atoms with E-state index in [1.54, 1.807) is 11.9 Å². The number of amides is 1. The van der Waals surface area contributed by atoms with Crippen molar-refractivity contribution in [3.05, 3.63) is 0 Å². The van der Waals surface area contributed by atoms with Crippen molar-refractivity contribution in [1.29, 1.82) is 5.26 Å². The second-order valence-corrected chi connectivity index (χ2v) is 3.90. The molecule has 0 aromatic carbocycles. The van der Waals surface area contributed by atoms with Crippen molar-refractivity contribution in [2.24, 2.45) is 5.92 Å². The average Bonchev–Trinajstić information content (AvgIpc) is 2.69. The fourth-order valence-corrected chi connectivity index (χ4v) is 1.70. The Bertz CT molecular complexity index is 240. The summed E-state index contributed by atoms with van der Waals surface area (Å²) >= 11 is 0. The van der Waals surface area contributed by atoms with E-state index in [2.05, 4.69) is 11.4 Å². The Balaban J connectivity index is 2.40. The smallest absolute Gasteiger partial charge is 0.239 e. The van der Waals surface area contributed by atoms with Crippen LogP contribution < -0.4 is 5.32 Å². The minimum atomic E-state index is -0.0923. The third-order valence-electron chi connectivity index (χ3n) is 2.50. The molecule has 1 amide bonds. The van der Waals surface area contributed by atoms with Gasteiger partial charge in [0.2, 0.25) is 5.91 Å². The van der Waals surface area contributed by atoms with Crippen molar-refractivity contribution in [2.45, 2.75) is 25.8 Å². The Morgan fingerprint density at radius 1 is 1.79 bits per heavy atom. The highest BCUT2D eigenvalue weighted by atomic mass is 16.2. The highest BCUT2D eigenvalue weighted by Crippen LogP contribution is 2.08. The van der Waals surface area contributed by atoms with E-state index in [1.165, 1.54) is 0 Å². The van der Waals surface area contributed by atoms with Crippen LogP contribution in [0.5, 0.6) is 0 Å². The number of nitrogens with one attached hydrogen (secondary N) is 1. The van der Waals surface area contributed by atoms with Crippen LogP contribution in [-0.2, 0) is 4.79 Å². The summed E-state index contributed by atoms with van der Waals surface area (Å²) in [4.78, 5) is 13.4. The maximum atomic E-state index is 11.8. The first-order chi connectivity index (χ1) is 6.65. The van der Waals surface area contributed by atoms with Crippen LogP contribution in [0.25, 0.3) is 0 Å². The van der Waals surface area contributed by atoms with E-state index in [0.29, 0.717) is 6.54 Å². The molecule has 14 heavy (non-hydrogen) atoms. The minimum Gasteiger partial charge on any atom is -0.343 e. The molecule has 2 atom stereocenters. The standard InChI is InChI=1S/C10H17N3O/c1-8(6-11)7-13(2)10(14)9-4-3-5-12-9/h8-9,12H,3-5,7H2,1-2H3. The van der Waals surface area contributed by atoms with E-state index in [9.17, 15) is 4.79 Å². The fourth-order valence-electron chi connectivity index (χ4n) is 1.70. The lowest BCUT2D eigenvalue weighted by Crippen LogP contribution is -2.43. The maximum absolute atomic E-state index is 11.8. The molecule has 0 aromatic rings. The van der Waals surface area contributed by atoms with Crippen molar-refractivity contribution < 1.29 is 4.79 Å². The lowest BCUT2D eigenvalue weighted by Gasteiger charge is -2.21. The Hall–Kier alpha value is -1.08. The Morgan fingerprint density at radius 2 is 2.50 bits per heavy atom. The van der Waals surface area contributed by atoms with Crippen LogP contribution in [0.3, 0.4) is 0 Å². The molecule has 0 aromatic heterocycles. The molecule has 78 valence electrons. The van der Waals surface area contributed by atoms with Gasteiger partial charge in [0.1, 0.15) is 0 Å². The summed E-state index contributed by atoms with van der Waals surface area (Å²) in [5.74, 6) is 0.0231. The third-order valence-corrected chi connectivity index (χ3v) is 2.50. The van der Waals surface area contributed by atoms with Gasteiger partial charge < -0.3 is 10.2 Å². The summed E-state index contributed by atoms with van der Waals surface area (Å²) in [6.07, 6.45) is 1.99. The third kappa shape index (κ3) is 2.71. The normalized spacial score (nSPS) is 22.8. The first-order valence-corrected chi connectivity index (χ1v) is 5.03. The molecule has 2 unspecified atom stereocenters. The van der Waals surface area contributed by atoms with Crippen molar-refractivity contribution >= 4 is 5.91 Å². The molecule has 0 aliphatic carbocycles. The van der Waals surface area contributed by atoms with E-state index in [4.69, 9.17) is 5.26 Å². The van der Waals surface area contributed by atoms with Crippen molar-refractivity contribution in [2.75, 3.05) is 20.1 Å². The predicted octanol–water partition coefficient (Wildman–Crippen LogP) is 0.356. The predicted molar refractivity (Wildman–Crippen MR) is 53.4 cm³/mol. The minimum absolute atomic E-state index is 0.0223. The zero-order chi connectivity index (χ0) is 10.6. The molecule has 1 rings (SSSR count). The van der Waals surface area contributed by atoms with E-state index < -0.39 is 0 Å². The van der Waals surface area contributed by atoms with E-state index in [-0.39, 0.29) is 17.9 Å². The molecular weight excluding hydrogens is 178 g/mol. The van der Waals surface area contributed by atoms with Gasteiger partial charge in [0.05, 0.1) is 18.0 Å². The van der Waals surface area contributed by atoms with Crippen LogP contribution in [-0.4, -0.2) is 37.0 Å². The van der Waals surface area contributed by atoms with E-state index in [0.717, 1.165) is 19.4 Å². The Labute approximate surface area is 84.9 Å². The number of rotatable bonds is 3. The largest absolute Gasteiger partial charge is 0.343 e. The van der Waals surface area contributed by atoms with Crippen LogP contribution in [0.15, 0.2) is 0 Å². The number of nitrogens with zero attached hydrogens (tertiary/aromatic N) is 2. The molecule has 0 saturated carbocycles. The first-order valence-electron chi connectivity index (χ1n) is 5.03. The lowest BCUT2D eigenvalue weighted by atomic mass is 10.1. The van der Waals surface area contributed by atoms with Gasteiger partial charge in [-0.2, -0.15) is 5.26 Å². The quantitative estimate of drug-likeness (QED) is 0.707. The second kappa shape index (κ2) is 4.97. The molecule has 4 heteroatoms. The van der Waals surface area contributed by atoms with Gasteiger partial charge in [-0.05, 0) is 26.3 Å². The molecule has 1 fully saturated rings. The van der Waals surface area contributed by atoms with Crippen LogP contribution in [0, 0.1) is 17.2 Å². The second-order valence-electron chi connectivity index (χ2n) is 3.90. The van der Waals surface area contributed by atoms with Crippen LogP contribution in [0.1, 0.15) is 19.8 Å². The van der Waals surface area contributed by atoms with E-state index in [1.807, 2.05) is 6.92 Å². The number of carbonyl (C=O) groups is 1. The molecule has 1 aliphatic heterocycles. The molecule has 0 radical (unpaired) electrons. The van der Waals surface area contributed by atoms with Crippen molar-refractivity contribution in [3.63, 3.8) is 0 Å².